The minimum Gasteiger partial charge on any atom is -0.461 e. The van der Waals surface area contributed by atoms with Gasteiger partial charge in [0.2, 0.25) is 0 Å². The summed E-state index contributed by atoms with van der Waals surface area (Å²) in [7, 11) is 0. The van der Waals surface area contributed by atoms with Gasteiger partial charge in [0, 0.05) is 11.1 Å². The van der Waals surface area contributed by atoms with Crippen LogP contribution in [0.1, 0.15) is 47.7 Å². The number of thiazole rings is 1. The molecule has 0 saturated carbocycles. The molecule has 2 aromatic rings. The molecule has 0 aliphatic rings. The van der Waals surface area contributed by atoms with Crippen molar-refractivity contribution in [1.29, 1.82) is 0 Å². The van der Waals surface area contributed by atoms with Gasteiger partial charge in [0.25, 0.3) is 0 Å². The number of rotatable bonds is 5. The van der Waals surface area contributed by atoms with E-state index in [2.05, 4.69) is 15.3 Å². The quantitative estimate of drug-likeness (QED) is 0.784. The molecule has 0 aliphatic carbocycles. The first kappa shape index (κ1) is 13.7. The van der Waals surface area contributed by atoms with Crippen LogP contribution in [-0.2, 0) is 11.3 Å². The fourth-order valence-electron chi connectivity index (χ4n) is 1.82. The SMILES string of the molecule is CCOC(=O)c1nnn(Cc2cncs2)c1C(C)C. The molecule has 0 fully saturated rings. The van der Waals surface area contributed by atoms with Crippen LogP contribution in [-0.4, -0.2) is 32.6 Å². The van der Waals surface area contributed by atoms with Crippen molar-refractivity contribution in [3.63, 3.8) is 0 Å². The van der Waals surface area contributed by atoms with E-state index < -0.39 is 5.97 Å². The number of aromatic nitrogens is 4. The number of nitrogens with zero attached hydrogens (tertiary/aromatic N) is 4. The average Bonchev–Trinajstić information content (AvgIpc) is 2.99. The van der Waals surface area contributed by atoms with Crippen molar-refractivity contribution in [2.24, 2.45) is 0 Å². The van der Waals surface area contributed by atoms with E-state index in [0.29, 0.717) is 18.8 Å². The Kier molecular flexibility index (Phi) is 4.26. The summed E-state index contributed by atoms with van der Waals surface area (Å²) in [5.41, 5.74) is 2.88. The van der Waals surface area contributed by atoms with E-state index in [1.54, 1.807) is 34.6 Å². The third-order valence-electron chi connectivity index (χ3n) is 2.58. The van der Waals surface area contributed by atoms with Crippen LogP contribution in [0.25, 0.3) is 0 Å². The first-order valence-electron chi connectivity index (χ1n) is 6.11. The molecule has 0 atom stereocenters. The van der Waals surface area contributed by atoms with Crippen LogP contribution in [0.15, 0.2) is 11.7 Å². The predicted octanol–water partition coefficient (Wildman–Crippen LogP) is 2.08. The van der Waals surface area contributed by atoms with Gasteiger partial charge in [-0.15, -0.1) is 16.4 Å². The standard InChI is InChI=1S/C12H16N4O2S/c1-4-18-12(17)10-11(8(2)3)16(15-14-10)6-9-5-13-7-19-9/h5,7-8H,4,6H2,1-3H3. The first-order chi connectivity index (χ1) is 9.13. The Morgan fingerprint density at radius 2 is 2.32 bits per heavy atom. The van der Waals surface area contributed by atoms with Crippen molar-refractivity contribution in [2.75, 3.05) is 6.61 Å². The van der Waals surface area contributed by atoms with Gasteiger partial charge in [-0.3, -0.25) is 4.98 Å². The van der Waals surface area contributed by atoms with Crippen LogP contribution in [0.3, 0.4) is 0 Å². The highest BCUT2D eigenvalue weighted by atomic mass is 32.1. The third-order valence-corrected chi connectivity index (χ3v) is 3.34. The Bertz CT molecular complexity index is 548. The van der Waals surface area contributed by atoms with Gasteiger partial charge in [-0.2, -0.15) is 0 Å². The molecule has 0 N–H and O–H groups in total. The minimum absolute atomic E-state index is 0.141. The molecule has 0 bridgehead atoms. The van der Waals surface area contributed by atoms with Gasteiger partial charge in [0.05, 0.1) is 24.4 Å². The van der Waals surface area contributed by atoms with E-state index in [1.165, 1.54) is 0 Å². The lowest BCUT2D eigenvalue weighted by molar-refractivity contribution is 0.0517. The van der Waals surface area contributed by atoms with E-state index in [9.17, 15) is 4.79 Å². The van der Waals surface area contributed by atoms with Crippen molar-refractivity contribution < 1.29 is 9.53 Å². The van der Waals surface area contributed by atoms with Gasteiger partial charge in [-0.05, 0) is 12.8 Å². The molecule has 0 spiro atoms. The molecular formula is C12H16N4O2S. The Hall–Kier alpha value is -1.76. The summed E-state index contributed by atoms with van der Waals surface area (Å²) >= 11 is 1.55. The maximum Gasteiger partial charge on any atom is 0.360 e. The maximum absolute atomic E-state index is 11.8. The molecule has 0 radical (unpaired) electrons. The van der Waals surface area contributed by atoms with Gasteiger partial charge in [-0.1, -0.05) is 19.1 Å². The van der Waals surface area contributed by atoms with E-state index in [4.69, 9.17) is 4.74 Å². The van der Waals surface area contributed by atoms with Crippen LogP contribution in [0.2, 0.25) is 0 Å². The van der Waals surface area contributed by atoms with Gasteiger partial charge in [0.1, 0.15) is 0 Å². The van der Waals surface area contributed by atoms with E-state index in [1.807, 2.05) is 13.8 Å². The van der Waals surface area contributed by atoms with Crippen molar-refractivity contribution in [2.45, 2.75) is 33.2 Å². The third kappa shape index (κ3) is 2.98. The maximum atomic E-state index is 11.8. The Labute approximate surface area is 115 Å². The zero-order valence-electron chi connectivity index (χ0n) is 11.2. The summed E-state index contributed by atoms with van der Waals surface area (Å²) in [6.45, 7) is 6.69. The van der Waals surface area contributed by atoms with E-state index in [-0.39, 0.29) is 5.92 Å². The Morgan fingerprint density at radius 1 is 1.53 bits per heavy atom. The van der Waals surface area contributed by atoms with Crippen molar-refractivity contribution in [3.8, 4) is 0 Å². The van der Waals surface area contributed by atoms with E-state index in [0.717, 1.165) is 10.6 Å². The Balaban J connectivity index is 2.31. The molecular weight excluding hydrogens is 264 g/mol. The number of hydrogen-bond donors (Lipinski definition) is 0. The summed E-state index contributed by atoms with van der Waals surface area (Å²) in [6, 6.07) is 0. The van der Waals surface area contributed by atoms with Crippen molar-refractivity contribution in [3.05, 3.63) is 28.0 Å². The highest BCUT2D eigenvalue weighted by Gasteiger charge is 2.23. The van der Waals surface area contributed by atoms with E-state index >= 15 is 0 Å². The zero-order valence-corrected chi connectivity index (χ0v) is 12.0. The number of ether oxygens (including phenoxy) is 1. The molecule has 0 unspecified atom stereocenters. The highest BCUT2D eigenvalue weighted by Crippen LogP contribution is 2.20. The van der Waals surface area contributed by atoms with Crippen LogP contribution in [0.5, 0.6) is 0 Å². The molecule has 6 nitrogen and oxygen atoms in total. The highest BCUT2D eigenvalue weighted by molar-refractivity contribution is 7.09. The second kappa shape index (κ2) is 5.92. The number of carbonyl (C=O) groups is 1. The second-order valence-corrected chi connectivity index (χ2v) is 5.29. The number of esters is 1. The van der Waals surface area contributed by atoms with Crippen LogP contribution >= 0.6 is 11.3 Å². The zero-order chi connectivity index (χ0) is 13.8. The fourth-order valence-corrected chi connectivity index (χ4v) is 2.40. The monoisotopic (exact) mass is 280 g/mol. The van der Waals surface area contributed by atoms with Gasteiger partial charge < -0.3 is 4.74 Å². The largest absolute Gasteiger partial charge is 0.461 e. The summed E-state index contributed by atoms with van der Waals surface area (Å²) in [5, 5.41) is 8.02. The molecule has 0 amide bonds. The summed E-state index contributed by atoms with van der Waals surface area (Å²) in [5.74, 6) is -0.274. The molecule has 2 rings (SSSR count). The average molecular weight is 280 g/mol. The lowest BCUT2D eigenvalue weighted by Gasteiger charge is -2.09. The fraction of sp³-hybridized carbons (Fsp3) is 0.500. The van der Waals surface area contributed by atoms with Crippen LogP contribution in [0, 0.1) is 0 Å². The lowest BCUT2D eigenvalue weighted by atomic mass is 10.1. The first-order valence-corrected chi connectivity index (χ1v) is 6.99. The molecule has 2 aromatic heterocycles. The summed E-state index contributed by atoms with van der Waals surface area (Å²) < 4.78 is 6.74. The molecule has 0 aliphatic heterocycles. The summed E-state index contributed by atoms with van der Waals surface area (Å²) in [4.78, 5) is 16.9. The molecule has 102 valence electrons. The summed E-state index contributed by atoms with van der Waals surface area (Å²) in [6.07, 6.45) is 1.79. The molecule has 2 heterocycles. The lowest BCUT2D eigenvalue weighted by Crippen LogP contribution is -2.12. The minimum atomic E-state index is -0.415. The van der Waals surface area contributed by atoms with Gasteiger partial charge in [-0.25, -0.2) is 9.48 Å². The molecule has 19 heavy (non-hydrogen) atoms. The van der Waals surface area contributed by atoms with Gasteiger partial charge >= 0.3 is 5.97 Å². The van der Waals surface area contributed by atoms with Crippen LogP contribution < -0.4 is 0 Å². The number of carbonyl (C=O) groups excluding carboxylic acids is 1. The normalized spacial score (nSPS) is 10.9. The van der Waals surface area contributed by atoms with Crippen molar-refractivity contribution in [1.82, 2.24) is 20.0 Å². The molecule has 7 heteroatoms. The topological polar surface area (TPSA) is 69.9 Å². The smallest absolute Gasteiger partial charge is 0.360 e. The number of hydrogen-bond acceptors (Lipinski definition) is 6. The molecule has 0 saturated heterocycles. The predicted molar refractivity (Wildman–Crippen MR) is 71.3 cm³/mol. The van der Waals surface area contributed by atoms with Gasteiger partial charge in [0.15, 0.2) is 5.69 Å². The molecule has 0 aromatic carbocycles. The van der Waals surface area contributed by atoms with Crippen LogP contribution in [0.4, 0.5) is 0 Å². The van der Waals surface area contributed by atoms with Crippen molar-refractivity contribution >= 4 is 17.3 Å². The Morgan fingerprint density at radius 3 is 2.89 bits per heavy atom. The second-order valence-electron chi connectivity index (χ2n) is 4.32.